The van der Waals surface area contributed by atoms with Crippen molar-refractivity contribution in [1.29, 1.82) is 0 Å². The molecule has 0 aromatic heterocycles. The summed E-state index contributed by atoms with van der Waals surface area (Å²) >= 11 is 0. The second kappa shape index (κ2) is 13.4. The molecule has 0 aliphatic heterocycles. The van der Waals surface area contributed by atoms with Crippen LogP contribution in [0, 0.1) is 5.92 Å². The predicted molar refractivity (Wildman–Crippen MR) is 126 cm³/mol. The van der Waals surface area contributed by atoms with Crippen molar-refractivity contribution in [1.82, 2.24) is 10.6 Å². The molecule has 2 aromatic carbocycles. The van der Waals surface area contributed by atoms with Crippen LogP contribution in [0.25, 0.3) is 0 Å². The fraction of sp³-hybridized carbons (Fsp3) is 0.375. The standard InChI is InChI=1S/C24H31N3O5S/c1-17(2)15-21(27-24(30)32-16-18-9-5-3-6-10-18)23(29)26-20(22(25)28)13-14-33(31)19-11-7-4-8-12-19/h3-12,17,20-21H,13-16H2,1-2H3,(H2,25,28)(H,26,29)(H,27,30)/t20-,21+,33+/m1/s1. The van der Waals surface area contributed by atoms with Gasteiger partial charge in [0.25, 0.3) is 0 Å². The SMILES string of the molecule is CC(C)C[C@H](NC(=O)OCc1ccccc1)C(=O)N[C@H](CC[S@](=O)c1ccccc1)C(N)=O. The summed E-state index contributed by atoms with van der Waals surface area (Å²) in [6.45, 7) is 3.88. The van der Waals surface area contributed by atoms with Crippen molar-refractivity contribution in [3.05, 3.63) is 66.2 Å². The molecule has 9 heteroatoms. The van der Waals surface area contributed by atoms with Gasteiger partial charge in [0.05, 0.1) is 10.8 Å². The van der Waals surface area contributed by atoms with Crippen molar-refractivity contribution in [2.75, 3.05) is 5.75 Å². The molecule has 33 heavy (non-hydrogen) atoms. The number of nitrogens with two attached hydrogens (primary N) is 1. The molecule has 0 radical (unpaired) electrons. The van der Waals surface area contributed by atoms with E-state index in [0.29, 0.717) is 11.3 Å². The van der Waals surface area contributed by atoms with E-state index in [1.807, 2.05) is 50.2 Å². The van der Waals surface area contributed by atoms with Gasteiger partial charge in [-0.2, -0.15) is 0 Å². The summed E-state index contributed by atoms with van der Waals surface area (Å²) in [7, 11) is -1.33. The molecule has 8 nitrogen and oxygen atoms in total. The first kappa shape index (κ1) is 26.1. The highest BCUT2D eigenvalue weighted by Gasteiger charge is 2.27. The number of hydrogen-bond donors (Lipinski definition) is 3. The molecular formula is C24H31N3O5S. The van der Waals surface area contributed by atoms with E-state index >= 15 is 0 Å². The number of carbonyl (C=O) groups excluding carboxylic acids is 3. The van der Waals surface area contributed by atoms with Crippen LogP contribution in [-0.4, -0.2) is 40.0 Å². The van der Waals surface area contributed by atoms with E-state index in [-0.39, 0.29) is 24.7 Å². The Morgan fingerprint density at radius 2 is 1.55 bits per heavy atom. The maximum absolute atomic E-state index is 12.9. The highest BCUT2D eigenvalue weighted by atomic mass is 32.2. The molecule has 2 aromatic rings. The molecule has 4 N–H and O–H groups in total. The maximum Gasteiger partial charge on any atom is 0.408 e. The third kappa shape index (κ3) is 9.44. The highest BCUT2D eigenvalue weighted by Crippen LogP contribution is 2.10. The molecule has 0 fully saturated rings. The van der Waals surface area contributed by atoms with Crippen LogP contribution in [0.1, 0.15) is 32.3 Å². The topological polar surface area (TPSA) is 128 Å². The Labute approximate surface area is 196 Å². The Bertz CT molecular complexity index is 938. The summed E-state index contributed by atoms with van der Waals surface area (Å²) in [5, 5.41) is 5.16. The molecule has 0 saturated carbocycles. The summed E-state index contributed by atoms with van der Waals surface area (Å²) in [5.41, 5.74) is 6.28. The zero-order valence-electron chi connectivity index (χ0n) is 18.9. The number of amides is 3. The number of hydrogen-bond acceptors (Lipinski definition) is 5. The average Bonchev–Trinajstić information content (AvgIpc) is 2.80. The Morgan fingerprint density at radius 3 is 2.12 bits per heavy atom. The van der Waals surface area contributed by atoms with Crippen molar-refractivity contribution < 1.29 is 23.3 Å². The second-order valence-corrected chi connectivity index (χ2v) is 9.57. The summed E-state index contributed by atoms with van der Waals surface area (Å²) in [6.07, 6.45) is -0.288. The monoisotopic (exact) mass is 473 g/mol. The molecule has 178 valence electrons. The summed E-state index contributed by atoms with van der Waals surface area (Å²) in [4.78, 5) is 37.7. The first-order chi connectivity index (χ1) is 15.8. The van der Waals surface area contributed by atoms with Crippen molar-refractivity contribution >= 4 is 28.7 Å². The lowest BCUT2D eigenvalue weighted by molar-refractivity contribution is -0.128. The van der Waals surface area contributed by atoms with Gasteiger partial charge in [-0.1, -0.05) is 62.4 Å². The smallest absolute Gasteiger partial charge is 0.408 e. The predicted octanol–water partition coefficient (Wildman–Crippen LogP) is 2.50. The fourth-order valence-corrected chi connectivity index (χ4v) is 4.23. The fourth-order valence-electron chi connectivity index (χ4n) is 3.08. The third-order valence-electron chi connectivity index (χ3n) is 4.79. The summed E-state index contributed by atoms with van der Waals surface area (Å²) in [5.74, 6) is -1.04. The minimum atomic E-state index is -1.33. The number of rotatable bonds is 12. The number of primary amides is 1. The number of nitrogens with one attached hydrogen (secondary N) is 2. The van der Waals surface area contributed by atoms with Crippen LogP contribution in [0.15, 0.2) is 65.6 Å². The molecule has 0 bridgehead atoms. The molecule has 0 aliphatic rings. The lowest BCUT2D eigenvalue weighted by Gasteiger charge is -2.23. The quantitative estimate of drug-likeness (QED) is 0.436. The van der Waals surface area contributed by atoms with Gasteiger partial charge in [0.2, 0.25) is 11.8 Å². The van der Waals surface area contributed by atoms with E-state index in [2.05, 4.69) is 10.6 Å². The van der Waals surface area contributed by atoms with E-state index in [0.717, 1.165) is 5.56 Å². The van der Waals surface area contributed by atoms with E-state index < -0.39 is 40.8 Å². The molecular weight excluding hydrogens is 442 g/mol. The lowest BCUT2D eigenvalue weighted by Crippen LogP contribution is -2.53. The van der Waals surface area contributed by atoms with Crippen molar-refractivity contribution in [2.45, 2.75) is 50.3 Å². The van der Waals surface area contributed by atoms with E-state index in [9.17, 15) is 18.6 Å². The molecule has 0 aliphatic carbocycles. The minimum Gasteiger partial charge on any atom is -0.445 e. The van der Waals surface area contributed by atoms with Gasteiger partial charge in [0.15, 0.2) is 0 Å². The molecule has 3 amide bonds. The van der Waals surface area contributed by atoms with Gasteiger partial charge in [0, 0.05) is 10.6 Å². The second-order valence-electron chi connectivity index (χ2n) is 8.00. The van der Waals surface area contributed by atoms with Crippen LogP contribution < -0.4 is 16.4 Å². The summed E-state index contributed by atoms with van der Waals surface area (Å²) in [6, 6.07) is 16.1. The van der Waals surface area contributed by atoms with E-state index in [1.165, 1.54) is 0 Å². The number of alkyl carbamates (subject to hydrolysis) is 1. The van der Waals surface area contributed by atoms with Crippen LogP contribution >= 0.6 is 0 Å². The van der Waals surface area contributed by atoms with Gasteiger partial charge in [-0.25, -0.2) is 4.79 Å². The largest absolute Gasteiger partial charge is 0.445 e. The van der Waals surface area contributed by atoms with Gasteiger partial charge >= 0.3 is 6.09 Å². The Morgan fingerprint density at radius 1 is 0.939 bits per heavy atom. The van der Waals surface area contributed by atoms with Gasteiger partial charge in [0.1, 0.15) is 18.7 Å². The molecule has 2 rings (SSSR count). The Hall–Kier alpha value is -3.20. The molecule has 0 spiro atoms. The minimum absolute atomic E-state index is 0.0674. The lowest BCUT2D eigenvalue weighted by atomic mass is 10.0. The van der Waals surface area contributed by atoms with Gasteiger partial charge in [-0.3, -0.25) is 13.8 Å². The van der Waals surface area contributed by atoms with Gasteiger partial charge in [-0.05, 0) is 36.5 Å². The average molecular weight is 474 g/mol. The molecule has 0 unspecified atom stereocenters. The molecule has 0 saturated heterocycles. The van der Waals surface area contributed by atoms with Crippen LogP contribution in [0.3, 0.4) is 0 Å². The first-order valence-electron chi connectivity index (χ1n) is 10.8. The zero-order valence-corrected chi connectivity index (χ0v) is 19.7. The number of carbonyl (C=O) groups is 3. The van der Waals surface area contributed by atoms with Crippen molar-refractivity contribution in [3.8, 4) is 0 Å². The van der Waals surface area contributed by atoms with E-state index in [1.54, 1.807) is 24.3 Å². The number of ether oxygens (including phenoxy) is 1. The van der Waals surface area contributed by atoms with Crippen LogP contribution in [0.2, 0.25) is 0 Å². The van der Waals surface area contributed by atoms with Crippen LogP contribution in [-0.2, 0) is 31.7 Å². The molecule has 3 atom stereocenters. The van der Waals surface area contributed by atoms with Crippen molar-refractivity contribution in [3.63, 3.8) is 0 Å². The summed E-state index contributed by atoms with van der Waals surface area (Å²) < 4.78 is 17.7. The zero-order chi connectivity index (χ0) is 24.2. The third-order valence-corrected chi connectivity index (χ3v) is 6.19. The highest BCUT2D eigenvalue weighted by molar-refractivity contribution is 7.85. The molecule has 0 heterocycles. The van der Waals surface area contributed by atoms with Crippen molar-refractivity contribution in [2.24, 2.45) is 11.7 Å². The van der Waals surface area contributed by atoms with Crippen LogP contribution in [0.4, 0.5) is 4.79 Å². The Balaban J connectivity index is 1.94. The van der Waals surface area contributed by atoms with Gasteiger partial charge < -0.3 is 21.1 Å². The first-order valence-corrected chi connectivity index (χ1v) is 12.1. The normalized spacial score (nSPS) is 13.5. The van der Waals surface area contributed by atoms with Crippen LogP contribution in [0.5, 0.6) is 0 Å². The van der Waals surface area contributed by atoms with E-state index in [4.69, 9.17) is 10.5 Å². The number of benzene rings is 2. The van der Waals surface area contributed by atoms with Gasteiger partial charge in [-0.15, -0.1) is 0 Å². The Kier molecular flexibility index (Phi) is 10.6. The maximum atomic E-state index is 12.9.